The third-order valence-corrected chi connectivity index (χ3v) is 7.26. The molecule has 1 heterocycles. The summed E-state index contributed by atoms with van der Waals surface area (Å²) >= 11 is 0. The van der Waals surface area contributed by atoms with E-state index in [2.05, 4.69) is 0 Å². The lowest BCUT2D eigenvalue weighted by Crippen LogP contribution is -2.28. The zero-order chi connectivity index (χ0) is 22.2. The molecule has 4 aromatic rings. The molecule has 2 nitrogen and oxygen atoms in total. The van der Waals surface area contributed by atoms with Gasteiger partial charge in [0.1, 0.15) is 11.4 Å². The van der Waals surface area contributed by atoms with E-state index >= 15 is 0 Å². The van der Waals surface area contributed by atoms with Gasteiger partial charge >= 0.3 is 0 Å². The highest BCUT2D eigenvalue weighted by molar-refractivity contribution is 7.79. The maximum atomic E-state index is 14.8. The molecule has 158 valence electrons. The molecule has 0 radical (unpaired) electrons. The Labute approximate surface area is 181 Å². The third kappa shape index (κ3) is 4.28. The summed E-state index contributed by atoms with van der Waals surface area (Å²) in [7, 11) is -1.21. The molecule has 0 aliphatic heterocycles. The van der Waals surface area contributed by atoms with Gasteiger partial charge in [-0.05, 0) is 10.6 Å². The Kier molecular flexibility index (Phi) is 5.72. The molecule has 0 atom stereocenters. The molecule has 31 heavy (non-hydrogen) atoms. The fourth-order valence-corrected chi connectivity index (χ4v) is 5.61. The number of hydrogen-bond donors (Lipinski definition) is 0. The van der Waals surface area contributed by atoms with Crippen molar-refractivity contribution < 1.29 is 13.2 Å². The van der Waals surface area contributed by atoms with Crippen molar-refractivity contribution in [2.75, 3.05) is 0 Å². The van der Waals surface area contributed by atoms with Crippen molar-refractivity contribution in [1.29, 1.82) is 0 Å². The van der Waals surface area contributed by atoms with Crippen molar-refractivity contribution in [2.45, 2.75) is 26.2 Å². The molecule has 4 rings (SSSR count). The first-order valence-corrected chi connectivity index (χ1v) is 11.2. The zero-order valence-electron chi connectivity index (χ0n) is 17.5. The fraction of sp³-hybridized carbons (Fsp3) is 0.160. The number of rotatable bonds is 4. The molecule has 0 bridgehead atoms. The lowest BCUT2D eigenvalue weighted by Gasteiger charge is -2.20. The Balaban J connectivity index is 2.03. The highest BCUT2D eigenvalue weighted by Gasteiger charge is 2.28. The van der Waals surface area contributed by atoms with Crippen molar-refractivity contribution in [2.24, 2.45) is 0 Å². The summed E-state index contributed by atoms with van der Waals surface area (Å²) in [5, 5.41) is 2.02. The summed E-state index contributed by atoms with van der Waals surface area (Å²) in [5.41, 5.74) is 0.749. The first-order valence-electron chi connectivity index (χ1n) is 9.91. The van der Waals surface area contributed by atoms with Gasteiger partial charge in [-0.15, -0.1) is 0 Å². The quantitative estimate of drug-likeness (QED) is 0.311. The van der Waals surface area contributed by atoms with Gasteiger partial charge in [-0.3, -0.25) is 4.57 Å². The van der Waals surface area contributed by atoms with E-state index in [0.29, 0.717) is 17.3 Å². The van der Waals surface area contributed by atoms with Crippen LogP contribution in [-0.2, 0) is 5.41 Å². The molecule has 0 aliphatic rings. The van der Waals surface area contributed by atoms with Gasteiger partial charge in [0.05, 0.1) is 11.4 Å². The van der Waals surface area contributed by atoms with E-state index in [9.17, 15) is 13.2 Å². The first-order chi connectivity index (χ1) is 14.8. The second-order valence-corrected chi connectivity index (χ2v) is 10.4. The summed E-state index contributed by atoms with van der Waals surface area (Å²) in [6.45, 7) is 6.00. The van der Waals surface area contributed by atoms with Crippen LogP contribution >= 0.6 is 7.92 Å². The summed E-state index contributed by atoms with van der Waals surface area (Å²) in [5.74, 6) is -3.16. The molecule has 0 fully saturated rings. The number of halogens is 3. The Morgan fingerprint density at radius 2 is 1.35 bits per heavy atom. The van der Waals surface area contributed by atoms with Crippen LogP contribution in [0.4, 0.5) is 13.2 Å². The molecule has 1 aromatic heterocycles. The van der Waals surface area contributed by atoms with E-state index in [-0.39, 0.29) is 11.1 Å². The SMILES string of the molecule is CC(C)(C)c1cn(-c2cc(F)cc(F)c2F)c(P(c2ccccc2)c2ccccc2)n1. The summed E-state index contributed by atoms with van der Waals surface area (Å²) < 4.78 is 44.5. The van der Waals surface area contributed by atoms with E-state index in [1.807, 2.05) is 81.4 Å². The lowest BCUT2D eigenvalue weighted by molar-refractivity contribution is 0.491. The molecule has 0 unspecified atom stereocenters. The monoisotopic (exact) mass is 438 g/mol. The van der Waals surface area contributed by atoms with Gasteiger partial charge in [0.2, 0.25) is 0 Å². The van der Waals surface area contributed by atoms with E-state index in [1.54, 1.807) is 6.20 Å². The molecule has 0 aliphatic carbocycles. The number of benzene rings is 3. The molecule has 0 saturated carbocycles. The van der Waals surface area contributed by atoms with Gasteiger partial charge < -0.3 is 0 Å². The molecular formula is C25H22F3N2P. The molecule has 0 amide bonds. The predicted molar refractivity (Wildman–Crippen MR) is 121 cm³/mol. The average Bonchev–Trinajstić information content (AvgIpc) is 3.18. The Morgan fingerprint density at radius 1 is 0.806 bits per heavy atom. The number of nitrogens with zero attached hydrogens (tertiary/aromatic N) is 2. The highest BCUT2D eigenvalue weighted by atomic mass is 31.1. The number of hydrogen-bond acceptors (Lipinski definition) is 1. The Morgan fingerprint density at radius 3 is 1.87 bits per heavy atom. The van der Waals surface area contributed by atoms with Crippen molar-refractivity contribution in [3.8, 4) is 5.69 Å². The Bertz CT molecular complexity index is 1160. The molecule has 0 N–H and O–H groups in total. The van der Waals surface area contributed by atoms with Crippen LogP contribution in [-0.4, -0.2) is 9.55 Å². The van der Waals surface area contributed by atoms with E-state index in [4.69, 9.17) is 4.98 Å². The smallest absolute Gasteiger partial charge is 0.183 e. The van der Waals surface area contributed by atoms with Crippen LogP contribution in [0.5, 0.6) is 0 Å². The van der Waals surface area contributed by atoms with Crippen LogP contribution in [0.1, 0.15) is 26.5 Å². The number of aromatic nitrogens is 2. The second-order valence-electron chi connectivity index (χ2n) is 8.27. The minimum Gasteiger partial charge on any atom is -0.296 e. The fourth-order valence-electron chi connectivity index (χ4n) is 3.32. The summed E-state index contributed by atoms with van der Waals surface area (Å²) in [6.07, 6.45) is 1.69. The van der Waals surface area contributed by atoms with Gasteiger partial charge in [-0.1, -0.05) is 81.4 Å². The van der Waals surface area contributed by atoms with Gasteiger partial charge in [-0.25, -0.2) is 18.2 Å². The largest absolute Gasteiger partial charge is 0.296 e. The van der Waals surface area contributed by atoms with Crippen LogP contribution in [0, 0.1) is 17.5 Å². The standard InChI is InChI=1S/C25H22F3N2P/c1-25(2,3)22-16-30(21-15-17(26)14-20(27)23(21)28)24(29-22)31(18-10-6-4-7-11-18)19-12-8-5-9-13-19/h4-16H,1-3H3. The molecule has 3 aromatic carbocycles. The van der Waals surface area contributed by atoms with E-state index in [0.717, 1.165) is 16.7 Å². The number of imidazole rings is 1. The average molecular weight is 438 g/mol. The molecule has 6 heteroatoms. The topological polar surface area (TPSA) is 17.8 Å². The van der Waals surface area contributed by atoms with Gasteiger partial charge in [0.25, 0.3) is 0 Å². The normalized spacial score (nSPS) is 11.8. The van der Waals surface area contributed by atoms with Crippen molar-refractivity contribution in [3.05, 3.63) is 102 Å². The van der Waals surface area contributed by atoms with Crippen LogP contribution in [0.2, 0.25) is 0 Å². The van der Waals surface area contributed by atoms with E-state index in [1.165, 1.54) is 4.57 Å². The van der Waals surface area contributed by atoms with Crippen LogP contribution in [0.25, 0.3) is 5.69 Å². The minimum atomic E-state index is -1.23. The molecule has 0 spiro atoms. The van der Waals surface area contributed by atoms with Gasteiger partial charge in [0.15, 0.2) is 11.6 Å². The van der Waals surface area contributed by atoms with Crippen LogP contribution < -0.4 is 16.2 Å². The lowest BCUT2D eigenvalue weighted by atomic mass is 9.93. The molecular weight excluding hydrogens is 416 g/mol. The van der Waals surface area contributed by atoms with Crippen LogP contribution in [0.3, 0.4) is 0 Å². The van der Waals surface area contributed by atoms with Crippen molar-refractivity contribution in [1.82, 2.24) is 9.55 Å². The van der Waals surface area contributed by atoms with E-state index < -0.39 is 25.4 Å². The van der Waals surface area contributed by atoms with Crippen molar-refractivity contribution in [3.63, 3.8) is 0 Å². The third-order valence-electron chi connectivity index (χ3n) is 4.92. The first kappa shape index (κ1) is 21.3. The Hall–Kier alpha value is -2.91. The minimum absolute atomic E-state index is 0.185. The van der Waals surface area contributed by atoms with Crippen LogP contribution in [0.15, 0.2) is 79.0 Å². The highest BCUT2D eigenvalue weighted by Crippen LogP contribution is 2.35. The predicted octanol–water partition coefficient (Wildman–Crippen LogP) is 5.35. The second kappa shape index (κ2) is 8.32. The van der Waals surface area contributed by atoms with Gasteiger partial charge in [0, 0.05) is 31.7 Å². The summed E-state index contributed by atoms with van der Waals surface area (Å²) in [6, 6.07) is 21.2. The maximum Gasteiger partial charge on any atom is 0.183 e. The zero-order valence-corrected chi connectivity index (χ0v) is 18.4. The summed E-state index contributed by atoms with van der Waals surface area (Å²) in [4.78, 5) is 4.89. The molecule has 0 saturated heterocycles. The van der Waals surface area contributed by atoms with Crippen molar-refractivity contribution >= 4 is 24.1 Å². The van der Waals surface area contributed by atoms with Gasteiger partial charge in [-0.2, -0.15) is 0 Å². The maximum absolute atomic E-state index is 14.8.